The highest BCUT2D eigenvalue weighted by atomic mass is 16.7. The lowest BCUT2D eigenvalue weighted by Gasteiger charge is -2.06. The van der Waals surface area contributed by atoms with Gasteiger partial charge < -0.3 is 20.3 Å². The van der Waals surface area contributed by atoms with Crippen molar-refractivity contribution in [3.8, 4) is 11.5 Å². The number of aliphatic carboxylic acids is 1. The van der Waals surface area contributed by atoms with Gasteiger partial charge in [0.1, 0.15) is 6.04 Å². The predicted molar refractivity (Wildman–Crippen MR) is 69.9 cm³/mol. The lowest BCUT2D eigenvalue weighted by molar-refractivity contribution is -0.138. The van der Waals surface area contributed by atoms with Crippen LogP contribution in [0.3, 0.4) is 0 Å². The van der Waals surface area contributed by atoms with Crippen molar-refractivity contribution in [1.29, 1.82) is 0 Å². The van der Waals surface area contributed by atoms with Crippen LogP contribution in [0.1, 0.15) is 18.4 Å². The number of fused-ring (bicyclic) bond motifs is 1. The van der Waals surface area contributed by atoms with Crippen molar-refractivity contribution < 1.29 is 19.4 Å². The number of hydrogen-bond donors (Lipinski definition) is 2. The van der Waals surface area contributed by atoms with Crippen molar-refractivity contribution in [2.45, 2.75) is 18.9 Å². The maximum Gasteiger partial charge on any atom is 0.328 e. The summed E-state index contributed by atoms with van der Waals surface area (Å²) in [5.74, 6) is 0.307. The van der Waals surface area contributed by atoms with Crippen LogP contribution in [-0.2, 0) is 4.79 Å². The van der Waals surface area contributed by atoms with Crippen LogP contribution < -0.4 is 15.2 Å². The Morgan fingerprint density at radius 1 is 1.53 bits per heavy atom. The van der Waals surface area contributed by atoms with Crippen molar-refractivity contribution in [1.82, 2.24) is 0 Å². The molecule has 102 valence electrons. The Hall–Kier alpha value is -2.08. The van der Waals surface area contributed by atoms with E-state index in [1.807, 2.05) is 6.07 Å². The number of carboxylic acid groups (broad SMARTS) is 1. The van der Waals surface area contributed by atoms with Crippen molar-refractivity contribution in [2.24, 2.45) is 10.7 Å². The minimum absolute atomic E-state index is 0.176. The molecule has 0 bridgehead atoms. The Bertz CT molecular complexity index is 488. The van der Waals surface area contributed by atoms with E-state index >= 15 is 0 Å². The Kier molecular flexibility index (Phi) is 4.35. The maximum absolute atomic E-state index is 11.0. The molecule has 1 aliphatic heterocycles. The van der Waals surface area contributed by atoms with Gasteiger partial charge in [-0.2, -0.15) is 0 Å². The first-order chi connectivity index (χ1) is 9.22. The number of aliphatic imine (C=N–C) groups is 1. The van der Waals surface area contributed by atoms with E-state index in [0.717, 1.165) is 0 Å². The number of ether oxygens (including phenoxy) is 2. The van der Waals surface area contributed by atoms with E-state index in [1.54, 1.807) is 12.1 Å². The fraction of sp³-hybridized carbons (Fsp3) is 0.385. The summed E-state index contributed by atoms with van der Waals surface area (Å²) in [5, 5.41) is 9.06. The molecule has 3 N–H and O–H groups in total. The van der Waals surface area contributed by atoms with Gasteiger partial charge in [0.05, 0.1) is 0 Å². The monoisotopic (exact) mass is 264 g/mol. The molecule has 0 radical (unpaired) electrons. The number of benzene rings is 1. The summed E-state index contributed by atoms with van der Waals surface area (Å²) in [7, 11) is 0. The molecule has 0 fully saturated rings. The fourth-order valence-corrected chi connectivity index (χ4v) is 1.80. The molecule has 0 aromatic heterocycles. The number of carboxylic acids is 1. The first kappa shape index (κ1) is 13.4. The van der Waals surface area contributed by atoms with Crippen molar-refractivity contribution in [3.63, 3.8) is 0 Å². The number of rotatable bonds is 6. The van der Waals surface area contributed by atoms with Gasteiger partial charge >= 0.3 is 5.97 Å². The quantitative estimate of drug-likeness (QED) is 0.748. The molecule has 1 heterocycles. The Labute approximate surface area is 110 Å². The molecule has 19 heavy (non-hydrogen) atoms. The van der Waals surface area contributed by atoms with E-state index in [-0.39, 0.29) is 6.79 Å². The number of nitrogens with zero attached hydrogens (tertiary/aromatic N) is 1. The standard InChI is InChI=1S/C13H16N2O4/c14-6-2-4-10(13(16)17)15-7-9-3-1-5-11-12(9)19-8-18-11/h1,3,5,7,10H,2,4,6,8,14H2,(H,16,17). The summed E-state index contributed by atoms with van der Waals surface area (Å²) in [6.45, 7) is 0.632. The normalized spacial score (nSPS) is 14.8. The summed E-state index contributed by atoms with van der Waals surface area (Å²) in [4.78, 5) is 15.1. The maximum atomic E-state index is 11.0. The third-order valence-corrected chi connectivity index (χ3v) is 2.79. The van der Waals surface area contributed by atoms with Gasteiger partial charge in [-0.25, -0.2) is 4.79 Å². The van der Waals surface area contributed by atoms with Crippen LogP contribution in [0.25, 0.3) is 0 Å². The molecular weight excluding hydrogens is 248 g/mol. The van der Waals surface area contributed by atoms with Crippen LogP contribution in [0.4, 0.5) is 0 Å². The number of para-hydroxylation sites is 1. The van der Waals surface area contributed by atoms with E-state index in [2.05, 4.69) is 4.99 Å². The Balaban J connectivity index is 2.12. The first-order valence-corrected chi connectivity index (χ1v) is 6.07. The van der Waals surface area contributed by atoms with Crippen LogP contribution in [0.5, 0.6) is 11.5 Å². The average molecular weight is 264 g/mol. The van der Waals surface area contributed by atoms with Crippen molar-refractivity contribution in [2.75, 3.05) is 13.3 Å². The van der Waals surface area contributed by atoms with Crippen molar-refractivity contribution >= 4 is 12.2 Å². The van der Waals surface area contributed by atoms with Gasteiger partial charge in [-0.05, 0) is 31.5 Å². The fourth-order valence-electron chi connectivity index (χ4n) is 1.80. The molecule has 0 saturated heterocycles. The number of nitrogens with two attached hydrogens (primary N) is 1. The van der Waals surface area contributed by atoms with Gasteiger partial charge in [0.25, 0.3) is 0 Å². The van der Waals surface area contributed by atoms with Gasteiger partial charge in [0.2, 0.25) is 6.79 Å². The molecule has 0 spiro atoms. The number of hydrogen-bond acceptors (Lipinski definition) is 5. The molecule has 6 nitrogen and oxygen atoms in total. The van der Waals surface area contributed by atoms with Gasteiger partial charge in [0.15, 0.2) is 11.5 Å². The zero-order valence-electron chi connectivity index (χ0n) is 10.4. The summed E-state index contributed by atoms with van der Waals surface area (Å²) in [6, 6.07) is 4.63. The van der Waals surface area contributed by atoms with Crippen LogP contribution >= 0.6 is 0 Å². The van der Waals surface area contributed by atoms with Crippen LogP contribution in [0, 0.1) is 0 Å². The molecule has 1 unspecified atom stereocenters. The lowest BCUT2D eigenvalue weighted by Crippen LogP contribution is -2.19. The van der Waals surface area contributed by atoms with Gasteiger partial charge in [-0.3, -0.25) is 4.99 Å². The smallest absolute Gasteiger partial charge is 0.328 e. The van der Waals surface area contributed by atoms with E-state index in [9.17, 15) is 4.79 Å². The van der Waals surface area contributed by atoms with Gasteiger partial charge in [-0.1, -0.05) is 6.07 Å². The molecule has 2 rings (SSSR count). The molecule has 1 aromatic rings. The van der Waals surface area contributed by atoms with Crippen LogP contribution in [0.2, 0.25) is 0 Å². The Morgan fingerprint density at radius 3 is 3.11 bits per heavy atom. The van der Waals surface area contributed by atoms with E-state index in [0.29, 0.717) is 36.4 Å². The third-order valence-electron chi connectivity index (χ3n) is 2.79. The highest BCUT2D eigenvalue weighted by molar-refractivity contribution is 5.87. The molecule has 0 aliphatic carbocycles. The second-order valence-electron chi connectivity index (χ2n) is 4.14. The lowest BCUT2D eigenvalue weighted by atomic mass is 10.1. The molecule has 1 aliphatic rings. The zero-order valence-corrected chi connectivity index (χ0v) is 10.4. The second kappa shape index (κ2) is 6.19. The largest absolute Gasteiger partial charge is 0.480 e. The highest BCUT2D eigenvalue weighted by Crippen LogP contribution is 2.34. The first-order valence-electron chi connectivity index (χ1n) is 6.07. The highest BCUT2D eigenvalue weighted by Gasteiger charge is 2.18. The van der Waals surface area contributed by atoms with Gasteiger partial charge in [0, 0.05) is 11.8 Å². The SMILES string of the molecule is NCCCC(N=Cc1cccc2c1OCO2)C(=O)O. The molecule has 1 aromatic carbocycles. The third kappa shape index (κ3) is 3.23. The molecule has 1 atom stereocenters. The summed E-state index contributed by atoms with van der Waals surface area (Å²) < 4.78 is 10.6. The summed E-state index contributed by atoms with van der Waals surface area (Å²) in [6.07, 6.45) is 2.57. The number of carbonyl (C=O) groups is 1. The van der Waals surface area contributed by atoms with Crippen LogP contribution in [-0.4, -0.2) is 36.7 Å². The summed E-state index contributed by atoms with van der Waals surface area (Å²) >= 11 is 0. The molecule has 6 heteroatoms. The molecular formula is C13H16N2O4. The average Bonchev–Trinajstić information content (AvgIpc) is 2.87. The second-order valence-corrected chi connectivity index (χ2v) is 4.14. The molecule has 0 amide bonds. The molecule has 0 saturated carbocycles. The Morgan fingerprint density at radius 2 is 2.37 bits per heavy atom. The predicted octanol–water partition coefficient (Wildman–Crippen LogP) is 1.03. The van der Waals surface area contributed by atoms with E-state index in [4.69, 9.17) is 20.3 Å². The van der Waals surface area contributed by atoms with Crippen LogP contribution in [0.15, 0.2) is 23.2 Å². The zero-order chi connectivity index (χ0) is 13.7. The minimum Gasteiger partial charge on any atom is -0.480 e. The minimum atomic E-state index is -0.950. The topological polar surface area (TPSA) is 94.1 Å². The van der Waals surface area contributed by atoms with E-state index in [1.165, 1.54) is 6.21 Å². The summed E-state index contributed by atoms with van der Waals surface area (Å²) in [5.41, 5.74) is 6.09. The van der Waals surface area contributed by atoms with Crippen molar-refractivity contribution in [3.05, 3.63) is 23.8 Å². The van der Waals surface area contributed by atoms with Gasteiger partial charge in [-0.15, -0.1) is 0 Å². The van der Waals surface area contributed by atoms with E-state index < -0.39 is 12.0 Å².